The quantitative estimate of drug-likeness (QED) is 0.570. The molecule has 18 heavy (non-hydrogen) atoms. The highest BCUT2D eigenvalue weighted by Crippen LogP contribution is 2.08. The van der Waals surface area contributed by atoms with Crippen LogP contribution in [0.4, 0.5) is 0 Å². The molecule has 0 aliphatic carbocycles. The Morgan fingerprint density at radius 1 is 1.44 bits per heavy atom. The first-order valence-electron chi connectivity index (χ1n) is 6.06. The maximum Gasteiger partial charge on any atom is 0.181 e. The molecule has 1 atom stereocenters. The van der Waals surface area contributed by atoms with Gasteiger partial charge in [-0.25, -0.2) is 9.67 Å². The summed E-state index contributed by atoms with van der Waals surface area (Å²) in [7, 11) is 0.482. The Kier molecular flexibility index (Phi) is 5.93. The van der Waals surface area contributed by atoms with E-state index in [0.29, 0.717) is 12.6 Å². The van der Waals surface area contributed by atoms with E-state index in [1.807, 2.05) is 0 Å². The summed E-state index contributed by atoms with van der Waals surface area (Å²) in [6, 6.07) is 1.13. The Labute approximate surface area is 109 Å². The van der Waals surface area contributed by atoms with Crippen LogP contribution < -0.4 is 0 Å². The van der Waals surface area contributed by atoms with Crippen molar-refractivity contribution in [2.45, 2.75) is 38.5 Å². The summed E-state index contributed by atoms with van der Waals surface area (Å²) in [5.74, 6) is 0.366. The van der Waals surface area contributed by atoms with Gasteiger partial charge in [0, 0.05) is 21.8 Å². The molecule has 0 bridgehead atoms. The first kappa shape index (κ1) is 15.3. The van der Waals surface area contributed by atoms with Crippen molar-refractivity contribution in [3.05, 3.63) is 12.2 Å². The minimum absolute atomic E-state index is 0.195. The van der Waals surface area contributed by atoms with E-state index in [9.17, 15) is 5.11 Å². The van der Waals surface area contributed by atoms with Gasteiger partial charge in [0.05, 0.1) is 6.61 Å². The largest absolute Gasteiger partial charge is 0.383 e. The third-order valence-electron chi connectivity index (χ3n) is 2.40. The normalized spacial score (nSPS) is 13.8. The summed E-state index contributed by atoms with van der Waals surface area (Å²) in [6.07, 6.45) is 0.779. The first-order valence-corrected chi connectivity index (χ1v) is 9.77. The van der Waals surface area contributed by atoms with E-state index >= 15 is 0 Å². The van der Waals surface area contributed by atoms with E-state index in [1.54, 1.807) is 11.0 Å². The highest BCUT2D eigenvalue weighted by Gasteiger charge is 2.13. The molecular weight excluding hydrogens is 250 g/mol. The number of rotatable bonds is 8. The summed E-state index contributed by atoms with van der Waals surface area (Å²) in [5.41, 5.74) is 0. The van der Waals surface area contributed by atoms with Crippen molar-refractivity contribution in [2.24, 2.45) is 0 Å². The van der Waals surface area contributed by atoms with Crippen LogP contribution in [0.2, 0.25) is 25.7 Å². The van der Waals surface area contributed by atoms with Crippen LogP contribution in [0.5, 0.6) is 0 Å². The molecule has 0 spiro atoms. The van der Waals surface area contributed by atoms with Gasteiger partial charge in [0.1, 0.15) is 19.2 Å². The number of methoxy groups -OCH3 is 1. The maximum atomic E-state index is 9.61. The summed E-state index contributed by atoms with van der Waals surface area (Å²) in [4.78, 5) is 4.01. The molecule has 0 radical (unpaired) electrons. The van der Waals surface area contributed by atoms with Crippen molar-refractivity contribution < 1.29 is 14.6 Å². The molecule has 1 aromatic rings. The summed E-state index contributed by atoms with van der Waals surface area (Å²) < 4.78 is 12.0. The monoisotopic (exact) mass is 273 g/mol. The van der Waals surface area contributed by atoms with Gasteiger partial charge in [-0.3, -0.25) is 0 Å². The average molecular weight is 273 g/mol. The second-order valence-corrected chi connectivity index (χ2v) is 11.1. The van der Waals surface area contributed by atoms with E-state index in [2.05, 4.69) is 29.7 Å². The van der Waals surface area contributed by atoms with Crippen molar-refractivity contribution in [3.63, 3.8) is 0 Å². The number of nitrogens with zero attached hydrogens (tertiary/aromatic N) is 3. The molecule has 1 rings (SSSR count). The minimum Gasteiger partial charge on any atom is -0.383 e. The molecule has 0 aromatic carbocycles. The van der Waals surface area contributed by atoms with E-state index in [0.717, 1.165) is 12.7 Å². The van der Waals surface area contributed by atoms with Gasteiger partial charge < -0.3 is 14.6 Å². The molecule has 0 aliphatic rings. The molecule has 6 nitrogen and oxygen atoms in total. The SMILES string of the molecule is COCC(O)c1ncn(COCC[Si](C)(C)C)n1. The molecule has 104 valence electrons. The second kappa shape index (κ2) is 6.98. The zero-order valence-electron chi connectivity index (χ0n) is 11.6. The highest BCUT2D eigenvalue weighted by molar-refractivity contribution is 6.76. The Morgan fingerprint density at radius 2 is 2.17 bits per heavy atom. The molecule has 0 fully saturated rings. The fourth-order valence-electron chi connectivity index (χ4n) is 1.29. The third-order valence-corrected chi connectivity index (χ3v) is 4.10. The molecule has 0 saturated heterocycles. The van der Waals surface area contributed by atoms with Crippen LogP contribution in [0.25, 0.3) is 0 Å². The lowest BCUT2D eigenvalue weighted by Gasteiger charge is -2.15. The average Bonchev–Trinajstić information content (AvgIpc) is 2.72. The van der Waals surface area contributed by atoms with Crippen molar-refractivity contribution in [3.8, 4) is 0 Å². The van der Waals surface area contributed by atoms with Gasteiger partial charge in [-0.05, 0) is 6.04 Å². The summed E-state index contributed by atoms with van der Waals surface area (Å²) >= 11 is 0. The molecule has 1 N–H and O–H groups in total. The Morgan fingerprint density at radius 3 is 2.78 bits per heavy atom. The number of aliphatic hydroxyl groups is 1. The second-order valence-electron chi connectivity index (χ2n) is 5.46. The summed E-state index contributed by atoms with van der Waals surface area (Å²) in [5, 5.41) is 13.7. The zero-order valence-corrected chi connectivity index (χ0v) is 12.6. The number of hydrogen-bond acceptors (Lipinski definition) is 5. The van der Waals surface area contributed by atoms with Crippen LogP contribution in [0, 0.1) is 0 Å². The lowest BCUT2D eigenvalue weighted by Crippen LogP contribution is -2.22. The predicted octanol–water partition coefficient (Wildman–Crippen LogP) is 1.27. The van der Waals surface area contributed by atoms with Gasteiger partial charge in [-0.1, -0.05) is 19.6 Å². The topological polar surface area (TPSA) is 69.4 Å². The van der Waals surface area contributed by atoms with E-state index in [4.69, 9.17) is 9.47 Å². The fraction of sp³-hybridized carbons (Fsp3) is 0.818. The fourth-order valence-corrected chi connectivity index (χ4v) is 2.05. The number of aliphatic hydroxyl groups excluding tert-OH is 1. The molecule has 1 aromatic heterocycles. The number of hydrogen-bond donors (Lipinski definition) is 1. The van der Waals surface area contributed by atoms with Crippen LogP contribution in [0.1, 0.15) is 11.9 Å². The lowest BCUT2D eigenvalue weighted by molar-refractivity contribution is 0.0552. The van der Waals surface area contributed by atoms with Gasteiger partial charge in [0.25, 0.3) is 0 Å². The van der Waals surface area contributed by atoms with Crippen LogP contribution in [0.3, 0.4) is 0 Å². The van der Waals surface area contributed by atoms with Crippen molar-refractivity contribution in [2.75, 3.05) is 20.3 Å². The van der Waals surface area contributed by atoms with Gasteiger partial charge >= 0.3 is 0 Å². The molecule has 0 amide bonds. The van der Waals surface area contributed by atoms with E-state index < -0.39 is 14.2 Å². The van der Waals surface area contributed by atoms with Gasteiger partial charge in [-0.2, -0.15) is 5.10 Å². The van der Waals surface area contributed by atoms with Crippen LogP contribution >= 0.6 is 0 Å². The van der Waals surface area contributed by atoms with Gasteiger partial charge in [-0.15, -0.1) is 0 Å². The number of ether oxygens (including phenoxy) is 2. The lowest BCUT2D eigenvalue weighted by atomic mass is 10.4. The zero-order chi connectivity index (χ0) is 13.6. The van der Waals surface area contributed by atoms with Crippen molar-refractivity contribution >= 4 is 8.07 Å². The first-order chi connectivity index (χ1) is 8.42. The highest BCUT2D eigenvalue weighted by atomic mass is 28.3. The van der Waals surface area contributed by atoms with Crippen LogP contribution in [0.15, 0.2) is 6.33 Å². The van der Waals surface area contributed by atoms with Gasteiger partial charge in [0.15, 0.2) is 5.82 Å². The van der Waals surface area contributed by atoms with E-state index in [-0.39, 0.29) is 6.61 Å². The standard InChI is InChI=1S/C11H23N3O3Si/c1-16-7-10(15)11-12-8-14(13-11)9-17-5-6-18(2,3)4/h8,10,15H,5-7,9H2,1-4H3. The van der Waals surface area contributed by atoms with Crippen molar-refractivity contribution in [1.29, 1.82) is 0 Å². The Hall–Kier alpha value is -0.763. The van der Waals surface area contributed by atoms with E-state index in [1.165, 1.54) is 7.11 Å². The molecule has 1 unspecified atom stereocenters. The third kappa shape index (κ3) is 5.72. The maximum absolute atomic E-state index is 9.61. The molecule has 0 saturated carbocycles. The van der Waals surface area contributed by atoms with Crippen LogP contribution in [-0.2, 0) is 16.2 Å². The van der Waals surface area contributed by atoms with Gasteiger partial charge in [0.2, 0.25) is 0 Å². The molecular formula is C11H23N3O3Si. The van der Waals surface area contributed by atoms with Crippen molar-refractivity contribution in [1.82, 2.24) is 14.8 Å². The molecule has 7 heteroatoms. The van der Waals surface area contributed by atoms with Crippen LogP contribution in [-0.4, -0.2) is 48.3 Å². The predicted molar refractivity (Wildman–Crippen MR) is 71.0 cm³/mol. The Balaban J connectivity index is 2.31. The Bertz CT molecular complexity index is 352. The summed E-state index contributed by atoms with van der Waals surface area (Å²) in [6.45, 7) is 8.24. The molecule has 0 aliphatic heterocycles. The molecule has 1 heterocycles. The minimum atomic E-state index is -1.05. The number of aromatic nitrogens is 3. The smallest absolute Gasteiger partial charge is 0.181 e.